The van der Waals surface area contributed by atoms with Gasteiger partial charge in [0.1, 0.15) is 5.82 Å². The summed E-state index contributed by atoms with van der Waals surface area (Å²) in [5, 5.41) is 17.7. The van der Waals surface area contributed by atoms with Gasteiger partial charge >= 0.3 is 5.97 Å². The largest absolute Gasteiger partial charge is 0.481 e. The molecule has 0 aliphatic heterocycles. The SMILES string of the molecule is Cc1cn[nH]c1NC(=O)C1CC1C(=O)O. The second kappa shape index (κ2) is 3.38. The summed E-state index contributed by atoms with van der Waals surface area (Å²) >= 11 is 0. The number of rotatable bonds is 3. The Morgan fingerprint density at radius 1 is 1.60 bits per heavy atom. The highest BCUT2D eigenvalue weighted by atomic mass is 16.4. The van der Waals surface area contributed by atoms with Crippen molar-refractivity contribution in [2.75, 3.05) is 5.32 Å². The smallest absolute Gasteiger partial charge is 0.307 e. The molecule has 1 fully saturated rings. The van der Waals surface area contributed by atoms with Gasteiger partial charge in [0, 0.05) is 5.56 Å². The van der Waals surface area contributed by atoms with Crippen LogP contribution in [0.3, 0.4) is 0 Å². The molecule has 1 aliphatic rings. The first kappa shape index (κ1) is 9.70. The molecule has 2 unspecified atom stereocenters. The molecule has 0 radical (unpaired) electrons. The van der Waals surface area contributed by atoms with Gasteiger partial charge < -0.3 is 10.4 Å². The summed E-state index contributed by atoms with van der Waals surface area (Å²) < 4.78 is 0. The number of anilines is 1. The quantitative estimate of drug-likeness (QED) is 0.670. The monoisotopic (exact) mass is 209 g/mol. The first-order chi connectivity index (χ1) is 7.09. The Kier molecular flexibility index (Phi) is 2.18. The molecule has 3 N–H and O–H groups in total. The van der Waals surface area contributed by atoms with E-state index in [1.807, 2.05) is 0 Å². The maximum Gasteiger partial charge on any atom is 0.307 e. The van der Waals surface area contributed by atoms with Crippen LogP contribution in [0.25, 0.3) is 0 Å². The van der Waals surface area contributed by atoms with Crippen LogP contribution in [-0.4, -0.2) is 27.2 Å². The van der Waals surface area contributed by atoms with E-state index in [1.165, 1.54) is 0 Å². The molecular formula is C9H11N3O3. The van der Waals surface area contributed by atoms with Gasteiger partial charge in [-0.3, -0.25) is 14.7 Å². The molecule has 1 amide bonds. The zero-order chi connectivity index (χ0) is 11.0. The van der Waals surface area contributed by atoms with Crippen molar-refractivity contribution in [2.45, 2.75) is 13.3 Å². The van der Waals surface area contributed by atoms with Gasteiger partial charge in [0.15, 0.2) is 0 Å². The Bertz CT molecular complexity index is 412. The van der Waals surface area contributed by atoms with Gasteiger partial charge in [-0.25, -0.2) is 0 Å². The molecule has 15 heavy (non-hydrogen) atoms. The second-order valence-corrected chi connectivity index (χ2v) is 3.70. The van der Waals surface area contributed by atoms with Gasteiger partial charge in [0.2, 0.25) is 5.91 Å². The summed E-state index contributed by atoms with van der Waals surface area (Å²) in [6, 6.07) is 0. The Balaban J connectivity index is 1.95. The van der Waals surface area contributed by atoms with E-state index in [0.29, 0.717) is 12.2 Å². The normalized spacial score (nSPS) is 23.5. The molecule has 0 saturated heterocycles. The molecule has 2 rings (SSSR count). The van der Waals surface area contributed by atoms with Crippen LogP contribution in [0.5, 0.6) is 0 Å². The highest BCUT2D eigenvalue weighted by molar-refractivity contribution is 5.97. The number of carboxylic acids is 1. The van der Waals surface area contributed by atoms with Crippen LogP contribution in [-0.2, 0) is 9.59 Å². The van der Waals surface area contributed by atoms with Gasteiger partial charge in [-0.05, 0) is 13.3 Å². The van der Waals surface area contributed by atoms with Crippen molar-refractivity contribution >= 4 is 17.7 Å². The Labute approximate surface area is 85.7 Å². The molecule has 0 bridgehead atoms. The van der Waals surface area contributed by atoms with Gasteiger partial charge in [-0.2, -0.15) is 5.10 Å². The molecule has 1 aliphatic carbocycles. The lowest BCUT2D eigenvalue weighted by molar-refractivity contribution is -0.139. The lowest BCUT2D eigenvalue weighted by atomic mass is 10.3. The third-order valence-corrected chi connectivity index (χ3v) is 2.52. The number of hydrogen-bond acceptors (Lipinski definition) is 3. The standard InChI is InChI=1S/C9H11N3O3/c1-4-3-10-12-7(4)11-8(13)5-2-6(5)9(14)15/h3,5-6H,2H2,1H3,(H,14,15)(H2,10,11,12,13). The minimum Gasteiger partial charge on any atom is -0.481 e. The van der Waals surface area contributed by atoms with Crippen molar-refractivity contribution in [1.82, 2.24) is 10.2 Å². The van der Waals surface area contributed by atoms with E-state index < -0.39 is 17.8 Å². The van der Waals surface area contributed by atoms with Crippen LogP contribution >= 0.6 is 0 Å². The topological polar surface area (TPSA) is 95.1 Å². The third-order valence-electron chi connectivity index (χ3n) is 2.52. The second-order valence-electron chi connectivity index (χ2n) is 3.70. The number of nitrogens with one attached hydrogen (secondary N) is 2. The van der Waals surface area contributed by atoms with Crippen molar-refractivity contribution in [3.05, 3.63) is 11.8 Å². The average Bonchev–Trinajstić information content (AvgIpc) is 2.88. The lowest BCUT2D eigenvalue weighted by Gasteiger charge is -2.01. The van der Waals surface area contributed by atoms with Crippen molar-refractivity contribution < 1.29 is 14.7 Å². The number of hydrogen-bond donors (Lipinski definition) is 3. The van der Waals surface area contributed by atoms with E-state index in [0.717, 1.165) is 5.56 Å². The fraction of sp³-hybridized carbons (Fsp3) is 0.444. The number of nitrogens with zero attached hydrogens (tertiary/aromatic N) is 1. The van der Waals surface area contributed by atoms with Crippen molar-refractivity contribution in [2.24, 2.45) is 11.8 Å². The fourth-order valence-electron chi connectivity index (χ4n) is 1.45. The Morgan fingerprint density at radius 3 is 2.80 bits per heavy atom. The molecule has 1 heterocycles. The number of carboxylic acid groups (broad SMARTS) is 1. The van der Waals surface area contributed by atoms with E-state index in [4.69, 9.17) is 5.11 Å². The first-order valence-corrected chi connectivity index (χ1v) is 4.63. The van der Waals surface area contributed by atoms with E-state index in [-0.39, 0.29) is 5.91 Å². The highest BCUT2D eigenvalue weighted by Gasteiger charge is 2.48. The maximum absolute atomic E-state index is 11.5. The number of aromatic nitrogens is 2. The van der Waals surface area contributed by atoms with E-state index in [2.05, 4.69) is 15.5 Å². The summed E-state index contributed by atoms with van der Waals surface area (Å²) in [6.07, 6.45) is 2.02. The summed E-state index contributed by atoms with van der Waals surface area (Å²) in [6.45, 7) is 1.81. The summed E-state index contributed by atoms with van der Waals surface area (Å²) in [4.78, 5) is 22.1. The maximum atomic E-state index is 11.5. The number of aliphatic carboxylic acids is 1. The molecule has 6 heteroatoms. The molecule has 0 aromatic carbocycles. The van der Waals surface area contributed by atoms with Gasteiger partial charge in [-0.15, -0.1) is 0 Å². The minimum atomic E-state index is -0.906. The molecule has 1 aromatic rings. The average molecular weight is 209 g/mol. The van der Waals surface area contributed by atoms with E-state index in [9.17, 15) is 9.59 Å². The molecule has 1 saturated carbocycles. The Hall–Kier alpha value is -1.85. The minimum absolute atomic E-state index is 0.255. The number of carbonyl (C=O) groups excluding carboxylic acids is 1. The lowest BCUT2D eigenvalue weighted by Crippen LogP contribution is -2.17. The van der Waals surface area contributed by atoms with E-state index in [1.54, 1.807) is 13.1 Å². The number of aromatic amines is 1. The zero-order valence-electron chi connectivity index (χ0n) is 8.15. The van der Waals surface area contributed by atoms with Gasteiger partial charge in [0.05, 0.1) is 18.0 Å². The summed E-state index contributed by atoms with van der Waals surface area (Å²) in [7, 11) is 0. The van der Waals surface area contributed by atoms with Crippen LogP contribution in [0.4, 0.5) is 5.82 Å². The Morgan fingerprint density at radius 2 is 2.33 bits per heavy atom. The molecular weight excluding hydrogens is 198 g/mol. The predicted molar refractivity (Wildman–Crippen MR) is 51.2 cm³/mol. The third kappa shape index (κ3) is 1.83. The van der Waals surface area contributed by atoms with Crippen LogP contribution in [0.1, 0.15) is 12.0 Å². The highest BCUT2D eigenvalue weighted by Crippen LogP contribution is 2.39. The van der Waals surface area contributed by atoms with Crippen LogP contribution in [0.15, 0.2) is 6.20 Å². The van der Waals surface area contributed by atoms with Crippen LogP contribution in [0.2, 0.25) is 0 Å². The number of carbonyl (C=O) groups is 2. The first-order valence-electron chi connectivity index (χ1n) is 4.63. The molecule has 1 aromatic heterocycles. The molecule has 0 spiro atoms. The van der Waals surface area contributed by atoms with Crippen LogP contribution < -0.4 is 5.32 Å². The van der Waals surface area contributed by atoms with Gasteiger partial charge in [-0.1, -0.05) is 0 Å². The van der Waals surface area contributed by atoms with Crippen molar-refractivity contribution in [1.29, 1.82) is 0 Å². The van der Waals surface area contributed by atoms with E-state index >= 15 is 0 Å². The number of aryl methyl sites for hydroxylation is 1. The fourth-order valence-corrected chi connectivity index (χ4v) is 1.45. The molecule has 6 nitrogen and oxygen atoms in total. The van der Waals surface area contributed by atoms with Crippen LogP contribution in [0, 0.1) is 18.8 Å². The number of H-pyrrole nitrogens is 1. The summed E-state index contributed by atoms with van der Waals surface area (Å²) in [5.41, 5.74) is 0.830. The molecule has 2 atom stereocenters. The molecule has 80 valence electrons. The predicted octanol–water partition coefficient (Wildman–Crippen LogP) is 0.377. The van der Waals surface area contributed by atoms with Crippen molar-refractivity contribution in [3.8, 4) is 0 Å². The number of amides is 1. The summed E-state index contributed by atoms with van der Waals surface area (Å²) in [5.74, 6) is -1.54. The van der Waals surface area contributed by atoms with Gasteiger partial charge in [0.25, 0.3) is 0 Å². The zero-order valence-corrected chi connectivity index (χ0v) is 8.15. The van der Waals surface area contributed by atoms with Crippen molar-refractivity contribution in [3.63, 3.8) is 0 Å².